The number of hydrogen-bond donors (Lipinski definition) is 1. The van der Waals surface area contributed by atoms with Crippen LogP contribution in [0.15, 0.2) is 57.5 Å². The first-order valence-electron chi connectivity index (χ1n) is 11.7. The van der Waals surface area contributed by atoms with Gasteiger partial charge in [-0.3, -0.25) is 9.36 Å². The topological polar surface area (TPSA) is 109 Å². The first kappa shape index (κ1) is 26.0. The van der Waals surface area contributed by atoms with Crippen molar-refractivity contribution in [2.45, 2.75) is 26.8 Å². The van der Waals surface area contributed by atoms with E-state index >= 15 is 0 Å². The summed E-state index contributed by atoms with van der Waals surface area (Å²) in [6, 6.07) is 9.32. The zero-order chi connectivity index (χ0) is 26.7. The molecule has 2 heterocycles. The molecule has 0 bridgehead atoms. The number of hydrogen-bond acceptors (Lipinski definition) is 9. The molecule has 3 aromatic rings. The van der Waals surface area contributed by atoms with Crippen LogP contribution >= 0.6 is 11.3 Å². The lowest BCUT2D eigenvalue weighted by atomic mass is 9.94. The number of phenols is 1. The van der Waals surface area contributed by atoms with Gasteiger partial charge in [0, 0.05) is 5.56 Å². The van der Waals surface area contributed by atoms with Crippen molar-refractivity contribution in [3.63, 3.8) is 0 Å². The molecule has 0 saturated carbocycles. The van der Waals surface area contributed by atoms with E-state index in [4.69, 9.17) is 18.9 Å². The van der Waals surface area contributed by atoms with Crippen LogP contribution in [0.3, 0.4) is 0 Å². The van der Waals surface area contributed by atoms with Crippen LogP contribution in [0.2, 0.25) is 0 Å². The third-order valence-electron chi connectivity index (χ3n) is 5.83. The molecule has 37 heavy (non-hydrogen) atoms. The third-order valence-corrected chi connectivity index (χ3v) is 6.81. The Morgan fingerprint density at radius 3 is 2.57 bits per heavy atom. The van der Waals surface area contributed by atoms with E-state index in [1.54, 1.807) is 50.3 Å². The number of rotatable bonds is 8. The molecule has 10 heteroatoms. The molecular weight excluding hydrogens is 496 g/mol. The molecule has 0 aliphatic carbocycles. The molecule has 0 amide bonds. The molecule has 1 aromatic heterocycles. The molecule has 0 spiro atoms. The van der Waals surface area contributed by atoms with Gasteiger partial charge in [-0.2, -0.15) is 0 Å². The monoisotopic (exact) mass is 524 g/mol. The molecule has 0 saturated heterocycles. The molecule has 0 radical (unpaired) electrons. The summed E-state index contributed by atoms with van der Waals surface area (Å²) in [4.78, 5) is 32.0. The maximum atomic E-state index is 13.8. The molecule has 2 aromatic carbocycles. The standard InChI is InChI=1S/C27H28N2O7S/c1-6-35-24-17(9-8-10-19(24)33-4)23-22(26(32)36-7-2)15(3)28-27-29(23)25(31)21(37-27)14-16-11-12-18(30)20(13-16)34-5/h8-14,23,30H,6-7H2,1-5H3/b21-14+/t23-/m1/s1. The molecule has 1 aliphatic heterocycles. The highest BCUT2D eigenvalue weighted by Crippen LogP contribution is 2.40. The fourth-order valence-electron chi connectivity index (χ4n) is 4.23. The van der Waals surface area contributed by atoms with Gasteiger partial charge in [0.2, 0.25) is 0 Å². The molecule has 0 unspecified atom stereocenters. The van der Waals surface area contributed by atoms with Gasteiger partial charge in [0.15, 0.2) is 27.8 Å². The maximum Gasteiger partial charge on any atom is 0.338 e. The maximum absolute atomic E-state index is 13.8. The molecule has 9 nitrogen and oxygen atoms in total. The number of benzene rings is 2. The molecule has 1 aliphatic rings. The minimum Gasteiger partial charge on any atom is -0.504 e. The lowest BCUT2D eigenvalue weighted by molar-refractivity contribution is -0.139. The minimum absolute atomic E-state index is 0.00251. The first-order chi connectivity index (χ1) is 17.8. The van der Waals surface area contributed by atoms with Gasteiger partial charge in [-0.25, -0.2) is 9.79 Å². The summed E-state index contributed by atoms with van der Waals surface area (Å²) in [5.74, 6) is 0.647. The molecule has 194 valence electrons. The Morgan fingerprint density at radius 2 is 1.89 bits per heavy atom. The second-order valence-corrected chi connectivity index (χ2v) is 9.05. The second kappa shape index (κ2) is 10.9. The van der Waals surface area contributed by atoms with Gasteiger partial charge < -0.3 is 24.1 Å². The normalized spacial score (nSPS) is 15.2. The smallest absolute Gasteiger partial charge is 0.338 e. The number of nitrogens with zero attached hydrogens (tertiary/aromatic N) is 2. The summed E-state index contributed by atoms with van der Waals surface area (Å²) in [5.41, 5.74) is 1.61. The number of esters is 1. The summed E-state index contributed by atoms with van der Waals surface area (Å²) in [6.07, 6.45) is 1.70. The zero-order valence-corrected chi connectivity index (χ0v) is 22.0. The van der Waals surface area contributed by atoms with Crippen LogP contribution in [0.25, 0.3) is 6.08 Å². The Morgan fingerprint density at radius 1 is 1.14 bits per heavy atom. The first-order valence-corrected chi connectivity index (χ1v) is 12.5. The highest BCUT2D eigenvalue weighted by molar-refractivity contribution is 7.07. The predicted octanol–water partition coefficient (Wildman–Crippen LogP) is 2.92. The van der Waals surface area contributed by atoms with Crippen LogP contribution in [0.1, 0.15) is 37.9 Å². The van der Waals surface area contributed by atoms with Crippen molar-refractivity contribution >= 4 is 23.4 Å². The van der Waals surface area contributed by atoms with Gasteiger partial charge in [0.1, 0.15) is 6.04 Å². The minimum atomic E-state index is -0.844. The number of methoxy groups -OCH3 is 2. The average Bonchev–Trinajstić information content (AvgIpc) is 3.18. The van der Waals surface area contributed by atoms with Gasteiger partial charge in [0.25, 0.3) is 5.56 Å². The highest BCUT2D eigenvalue weighted by Gasteiger charge is 2.35. The Hall–Kier alpha value is -4.05. The van der Waals surface area contributed by atoms with Gasteiger partial charge in [-0.15, -0.1) is 0 Å². The lowest BCUT2D eigenvalue weighted by Crippen LogP contribution is -2.40. The molecule has 1 N–H and O–H groups in total. The van der Waals surface area contributed by atoms with E-state index in [-0.39, 0.29) is 29.2 Å². The number of phenolic OH excluding ortho intramolecular Hbond substituents is 1. The molecule has 0 fully saturated rings. The van der Waals surface area contributed by atoms with Crippen molar-refractivity contribution in [2.24, 2.45) is 4.99 Å². The van der Waals surface area contributed by atoms with E-state index in [9.17, 15) is 14.7 Å². The van der Waals surface area contributed by atoms with Crippen molar-refractivity contribution in [3.05, 3.63) is 78.5 Å². The number of carbonyl (C=O) groups is 1. The summed E-state index contributed by atoms with van der Waals surface area (Å²) < 4.78 is 23.9. The van der Waals surface area contributed by atoms with E-state index in [0.717, 1.165) is 0 Å². The molecular formula is C27H28N2O7S. The van der Waals surface area contributed by atoms with Crippen LogP contribution in [0.5, 0.6) is 23.0 Å². The van der Waals surface area contributed by atoms with Crippen LogP contribution in [-0.2, 0) is 9.53 Å². The Kier molecular flexibility index (Phi) is 7.68. The number of carbonyl (C=O) groups excluding carboxylic acids is 1. The van der Waals surface area contributed by atoms with Gasteiger partial charge in [0.05, 0.1) is 43.2 Å². The van der Waals surface area contributed by atoms with Gasteiger partial charge in [-0.1, -0.05) is 29.5 Å². The van der Waals surface area contributed by atoms with Crippen molar-refractivity contribution in [1.29, 1.82) is 0 Å². The SMILES string of the molecule is CCOC(=O)C1=C(C)N=c2s/c(=C/c3ccc(O)c(OC)c3)c(=O)n2[C@@H]1c1cccc(OC)c1OCC. The third kappa shape index (κ3) is 4.84. The molecule has 4 rings (SSSR count). The van der Waals surface area contributed by atoms with E-state index in [1.165, 1.54) is 36.2 Å². The fourth-order valence-corrected chi connectivity index (χ4v) is 5.28. The van der Waals surface area contributed by atoms with Crippen molar-refractivity contribution in [1.82, 2.24) is 4.57 Å². The lowest BCUT2D eigenvalue weighted by Gasteiger charge is -2.26. The zero-order valence-electron chi connectivity index (χ0n) is 21.2. The summed E-state index contributed by atoms with van der Waals surface area (Å²) in [7, 11) is 2.99. The van der Waals surface area contributed by atoms with E-state index in [1.807, 2.05) is 6.92 Å². The summed E-state index contributed by atoms with van der Waals surface area (Å²) in [5, 5.41) is 9.93. The Balaban J connectivity index is 2.01. The van der Waals surface area contributed by atoms with Crippen LogP contribution in [-0.4, -0.2) is 43.1 Å². The fraction of sp³-hybridized carbons (Fsp3) is 0.296. The van der Waals surface area contributed by atoms with E-state index in [0.29, 0.717) is 44.3 Å². The average molecular weight is 525 g/mol. The summed E-state index contributed by atoms with van der Waals surface area (Å²) in [6.45, 7) is 5.82. The number of thiazole rings is 1. The van der Waals surface area contributed by atoms with Crippen molar-refractivity contribution < 1.29 is 28.8 Å². The van der Waals surface area contributed by atoms with Crippen LogP contribution < -0.4 is 29.1 Å². The largest absolute Gasteiger partial charge is 0.504 e. The van der Waals surface area contributed by atoms with Crippen LogP contribution in [0, 0.1) is 0 Å². The van der Waals surface area contributed by atoms with E-state index in [2.05, 4.69) is 4.99 Å². The summed E-state index contributed by atoms with van der Waals surface area (Å²) >= 11 is 1.20. The number of fused-ring (bicyclic) bond motifs is 1. The highest BCUT2D eigenvalue weighted by atomic mass is 32.1. The number of aromatic hydroxyl groups is 1. The Bertz CT molecular complexity index is 1550. The van der Waals surface area contributed by atoms with Crippen molar-refractivity contribution in [3.8, 4) is 23.0 Å². The second-order valence-electron chi connectivity index (χ2n) is 8.05. The molecule has 1 atom stereocenters. The van der Waals surface area contributed by atoms with Gasteiger partial charge >= 0.3 is 5.97 Å². The number of ether oxygens (including phenoxy) is 4. The quantitative estimate of drug-likeness (QED) is 0.452. The Labute approximate surface area is 217 Å². The van der Waals surface area contributed by atoms with Gasteiger partial charge in [-0.05, 0) is 50.6 Å². The van der Waals surface area contributed by atoms with E-state index < -0.39 is 12.0 Å². The number of allylic oxidation sites excluding steroid dienone is 1. The number of aromatic nitrogens is 1. The van der Waals surface area contributed by atoms with Crippen LogP contribution in [0.4, 0.5) is 0 Å². The van der Waals surface area contributed by atoms with Crippen molar-refractivity contribution in [2.75, 3.05) is 27.4 Å². The predicted molar refractivity (Wildman–Crippen MR) is 139 cm³/mol. The number of para-hydroxylation sites is 1.